The summed E-state index contributed by atoms with van der Waals surface area (Å²) in [5.74, 6) is 0.111. The minimum absolute atomic E-state index is 0.0886. The fraction of sp³-hybridized carbons (Fsp3) is 0.250. The molecular weight excluding hydrogens is 260 g/mol. The van der Waals surface area contributed by atoms with E-state index in [-0.39, 0.29) is 18.4 Å². The van der Waals surface area contributed by atoms with Crippen LogP contribution in [0.25, 0.3) is 11.4 Å². The Morgan fingerprint density at radius 3 is 3.00 bits per heavy atom. The Morgan fingerprint density at radius 1 is 1.35 bits per heavy atom. The Hall–Kier alpha value is -2.77. The first kappa shape index (κ1) is 12.3. The molecule has 8 nitrogen and oxygen atoms in total. The molecule has 2 N–H and O–H groups in total. The van der Waals surface area contributed by atoms with E-state index < -0.39 is 0 Å². The Morgan fingerprint density at radius 2 is 2.25 bits per heavy atom. The van der Waals surface area contributed by atoms with Crippen molar-refractivity contribution in [3.05, 3.63) is 29.8 Å². The molecule has 0 unspecified atom stereocenters. The molecule has 0 atom stereocenters. The Bertz CT molecular complexity index is 639. The number of hydrogen-bond donors (Lipinski definition) is 2. The fourth-order valence-electron chi connectivity index (χ4n) is 2.07. The standard InChI is InChI=1S/C12H12N6O2/c19-10-7-18(5-4-13-10)12(20)9-3-1-2-8(6-9)11-14-16-17-15-11/h1-3,6H,4-5,7H2,(H,13,19)(H,14,15,16,17). The van der Waals surface area contributed by atoms with Crippen molar-refractivity contribution in [1.82, 2.24) is 30.8 Å². The highest BCUT2D eigenvalue weighted by Gasteiger charge is 2.22. The van der Waals surface area contributed by atoms with Gasteiger partial charge in [-0.15, -0.1) is 10.2 Å². The highest BCUT2D eigenvalue weighted by molar-refractivity contribution is 5.97. The third-order valence-corrected chi connectivity index (χ3v) is 3.04. The van der Waals surface area contributed by atoms with E-state index in [1.165, 1.54) is 4.90 Å². The predicted molar refractivity (Wildman–Crippen MR) is 68.5 cm³/mol. The Labute approximate surface area is 114 Å². The van der Waals surface area contributed by atoms with E-state index >= 15 is 0 Å². The molecule has 1 fully saturated rings. The molecule has 0 spiro atoms. The first-order chi connectivity index (χ1) is 9.74. The molecule has 1 aromatic heterocycles. The third-order valence-electron chi connectivity index (χ3n) is 3.04. The van der Waals surface area contributed by atoms with Crippen LogP contribution in [0, 0.1) is 0 Å². The van der Waals surface area contributed by atoms with E-state index in [9.17, 15) is 9.59 Å². The van der Waals surface area contributed by atoms with Gasteiger partial charge in [-0.2, -0.15) is 5.21 Å². The molecule has 1 aromatic carbocycles. The number of aromatic nitrogens is 4. The largest absolute Gasteiger partial charge is 0.353 e. The van der Waals surface area contributed by atoms with Crippen LogP contribution in [0.5, 0.6) is 0 Å². The molecule has 8 heteroatoms. The second-order valence-electron chi connectivity index (χ2n) is 4.39. The SMILES string of the molecule is O=C1CN(C(=O)c2cccc(-c3nn[nH]n3)c2)CCN1. The Kier molecular flexibility index (Phi) is 3.12. The average Bonchev–Trinajstić information content (AvgIpc) is 3.01. The average molecular weight is 272 g/mol. The van der Waals surface area contributed by atoms with Crippen LogP contribution in [0.2, 0.25) is 0 Å². The van der Waals surface area contributed by atoms with Crippen LogP contribution in [-0.4, -0.2) is 57.0 Å². The first-order valence-corrected chi connectivity index (χ1v) is 6.14. The van der Waals surface area contributed by atoms with E-state index in [4.69, 9.17) is 0 Å². The summed E-state index contributed by atoms with van der Waals surface area (Å²) in [5.41, 5.74) is 1.20. The molecule has 0 saturated carbocycles. The van der Waals surface area contributed by atoms with E-state index in [0.29, 0.717) is 30.0 Å². The number of nitrogens with one attached hydrogen (secondary N) is 2. The number of aromatic amines is 1. The van der Waals surface area contributed by atoms with Gasteiger partial charge in [-0.3, -0.25) is 9.59 Å². The number of nitrogens with zero attached hydrogens (tertiary/aromatic N) is 4. The first-order valence-electron chi connectivity index (χ1n) is 6.14. The number of piperazine rings is 1. The second kappa shape index (κ2) is 5.08. The number of carbonyl (C=O) groups excluding carboxylic acids is 2. The predicted octanol–water partition coefficient (Wildman–Crippen LogP) is -0.561. The van der Waals surface area contributed by atoms with Crippen molar-refractivity contribution in [3.63, 3.8) is 0 Å². The maximum absolute atomic E-state index is 12.3. The maximum Gasteiger partial charge on any atom is 0.254 e. The number of hydrogen-bond acceptors (Lipinski definition) is 5. The number of amides is 2. The molecule has 0 bridgehead atoms. The van der Waals surface area contributed by atoms with Crippen LogP contribution >= 0.6 is 0 Å². The van der Waals surface area contributed by atoms with Crippen molar-refractivity contribution in [1.29, 1.82) is 0 Å². The lowest BCUT2D eigenvalue weighted by molar-refractivity contribution is -0.123. The molecule has 1 aliphatic rings. The monoisotopic (exact) mass is 272 g/mol. The van der Waals surface area contributed by atoms with Gasteiger partial charge in [0.1, 0.15) is 0 Å². The van der Waals surface area contributed by atoms with Crippen molar-refractivity contribution in [2.24, 2.45) is 0 Å². The number of H-pyrrole nitrogens is 1. The molecule has 0 radical (unpaired) electrons. The summed E-state index contributed by atoms with van der Waals surface area (Å²) < 4.78 is 0. The molecule has 1 saturated heterocycles. The molecule has 3 rings (SSSR count). The molecule has 0 aliphatic carbocycles. The second-order valence-corrected chi connectivity index (χ2v) is 4.39. The summed E-state index contributed by atoms with van der Waals surface area (Å²) in [6, 6.07) is 6.95. The lowest BCUT2D eigenvalue weighted by Gasteiger charge is -2.26. The number of benzene rings is 1. The molecule has 20 heavy (non-hydrogen) atoms. The van der Waals surface area contributed by atoms with E-state index in [1.807, 2.05) is 0 Å². The van der Waals surface area contributed by atoms with E-state index in [2.05, 4.69) is 25.9 Å². The van der Waals surface area contributed by atoms with Gasteiger partial charge < -0.3 is 10.2 Å². The molecule has 2 aromatic rings. The van der Waals surface area contributed by atoms with Crippen molar-refractivity contribution in [2.45, 2.75) is 0 Å². The van der Waals surface area contributed by atoms with Gasteiger partial charge in [-0.05, 0) is 17.3 Å². The maximum atomic E-state index is 12.3. The van der Waals surface area contributed by atoms with Gasteiger partial charge in [-0.1, -0.05) is 12.1 Å². The smallest absolute Gasteiger partial charge is 0.254 e. The van der Waals surface area contributed by atoms with Gasteiger partial charge in [0.05, 0.1) is 6.54 Å². The zero-order chi connectivity index (χ0) is 13.9. The highest BCUT2D eigenvalue weighted by Crippen LogP contribution is 2.16. The number of carbonyl (C=O) groups is 2. The van der Waals surface area contributed by atoms with Crippen LogP contribution < -0.4 is 5.32 Å². The van der Waals surface area contributed by atoms with Crippen LogP contribution in [0.4, 0.5) is 0 Å². The summed E-state index contributed by atoms with van der Waals surface area (Å²) in [4.78, 5) is 25.2. The number of tetrazole rings is 1. The van der Waals surface area contributed by atoms with Gasteiger partial charge in [-0.25, -0.2) is 0 Å². The summed E-state index contributed by atoms with van der Waals surface area (Å²) >= 11 is 0. The van der Waals surface area contributed by atoms with Crippen LogP contribution in [-0.2, 0) is 4.79 Å². The van der Waals surface area contributed by atoms with Gasteiger partial charge in [0.2, 0.25) is 11.7 Å². The lowest BCUT2D eigenvalue weighted by atomic mass is 10.1. The van der Waals surface area contributed by atoms with Crippen molar-refractivity contribution < 1.29 is 9.59 Å². The van der Waals surface area contributed by atoms with Crippen molar-refractivity contribution >= 4 is 11.8 Å². The van der Waals surface area contributed by atoms with Gasteiger partial charge in [0.15, 0.2) is 0 Å². The minimum Gasteiger partial charge on any atom is -0.353 e. The van der Waals surface area contributed by atoms with Crippen LogP contribution in [0.15, 0.2) is 24.3 Å². The summed E-state index contributed by atoms with van der Waals surface area (Å²) in [6.45, 7) is 1.08. The molecule has 2 heterocycles. The summed E-state index contributed by atoms with van der Waals surface area (Å²) in [5, 5.41) is 16.3. The third kappa shape index (κ3) is 2.35. The zero-order valence-electron chi connectivity index (χ0n) is 10.5. The minimum atomic E-state index is -0.176. The van der Waals surface area contributed by atoms with Gasteiger partial charge >= 0.3 is 0 Å². The fourth-order valence-corrected chi connectivity index (χ4v) is 2.07. The quantitative estimate of drug-likeness (QED) is 0.762. The van der Waals surface area contributed by atoms with Crippen LogP contribution in [0.3, 0.4) is 0 Å². The molecule has 1 aliphatic heterocycles. The molecule has 102 valence electrons. The van der Waals surface area contributed by atoms with Crippen LogP contribution in [0.1, 0.15) is 10.4 Å². The zero-order valence-corrected chi connectivity index (χ0v) is 10.5. The normalized spacial score (nSPS) is 15.0. The van der Waals surface area contributed by atoms with Crippen molar-refractivity contribution in [3.8, 4) is 11.4 Å². The Balaban J connectivity index is 1.85. The van der Waals surface area contributed by atoms with E-state index in [1.54, 1.807) is 24.3 Å². The lowest BCUT2D eigenvalue weighted by Crippen LogP contribution is -2.49. The summed E-state index contributed by atoms with van der Waals surface area (Å²) in [6.07, 6.45) is 0. The molecule has 2 amide bonds. The van der Waals surface area contributed by atoms with Gasteiger partial charge in [0.25, 0.3) is 5.91 Å². The highest BCUT2D eigenvalue weighted by atomic mass is 16.2. The number of rotatable bonds is 2. The van der Waals surface area contributed by atoms with Crippen molar-refractivity contribution in [2.75, 3.05) is 19.6 Å². The molecular formula is C12H12N6O2. The van der Waals surface area contributed by atoms with E-state index in [0.717, 1.165) is 0 Å². The van der Waals surface area contributed by atoms with Gasteiger partial charge in [0, 0.05) is 24.2 Å². The topological polar surface area (TPSA) is 104 Å². The summed E-state index contributed by atoms with van der Waals surface area (Å²) in [7, 11) is 0.